The number of hydrogen-bond acceptors (Lipinski definition) is 7. The Morgan fingerprint density at radius 3 is 2.64 bits per heavy atom. The van der Waals surface area contributed by atoms with Crippen LogP contribution in [0.3, 0.4) is 0 Å². The van der Waals surface area contributed by atoms with Crippen molar-refractivity contribution in [2.24, 2.45) is 5.73 Å². The van der Waals surface area contributed by atoms with Crippen LogP contribution in [0.2, 0.25) is 0 Å². The highest BCUT2D eigenvalue weighted by molar-refractivity contribution is 5.93. The number of primary amides is 1. The van der Waals surface area contributed by atoms with Crippen LogP contribution in [0.1, 0.15) is 13.3 Å². The Bertz CT molecular complexity index is 1340. The minimum Gasteiger partial charge on any atom is -0.497 e. The second-order valence-electron chi connectivity index (χ2n) is 7.04. The average molecular weight is 460 g/mol. The summed E-state index contributed by atoms with van der Waals surface area (Å²) < 4.78 is 49.6. The number of hydrogen-bond donors (Lipinski definition) is 2. The number of halogens is 3. The summed E-state index contributed by atoms with van der Waals surface area (Å²) in [6.45, 7) is 1.77. The quantitative estimate of drug-likeness (QED) is 0.433. The zero-order chi connectivity index (χ0) is 23.8. The van der Waals surface area contributed by atoms with E-state index in [-0.39, 0.29) is 23.1 Å². The van der Waals surface area contributed by atoms with E-state index in [2.05, 4.69) is 25.1 Å². The minimum atomic E-state index is -4.93. The Morgan fingerprint density at radius 1 is 1.21 bits per heavy atom. The lowest BCUT2D eigenvalue weighted by atomic mass is 10.2. The molecule has 0 aliphatic carbocycles. The second kappa shape index (κ2) is 8.45. The van der Waals surface area contributed by atoms with Crippen molar-refractivity contribution in [2.75, 3.05) is 12.4 Å². The van der Waals surface area contributed by atoms with Crippen molar-refractivity contribution < 1.29 is 27.4 Å². The highest BCUT2D eigenvalue weighted by atomic mass is 19.4. The number of para-hydroxylation sites is 1. The SMILES string of the molecule is CCC(Nc1nc2ccccc2c2nc(-c3ccc(OC)cc3OC(F)(F)F)nn12)C(N)=O. The second-order valence-corrected chi connectivity index (χ2v) is 7.04. The molecule has 172 valence electrons. The number of nitrogens with zero attached hydrogens (tertiary/aromatic N) is 4. The molecular weight excluding hydrogens is 441 g/mol. The highest BCUT2D eigenvalue weighted by Gasteiger charge is 2.33. The standard InChI is InChI=1S/C21H19F3N6O3/c1-3-14(17(25)31)26-20-27-15-7-5-4-6-12(15)19-28-18(29-30(19)20)13-9-8-11(32-2)10-16(13)33-21(22,23)24/h4-10,14H,3H2,1-2H3,(H2,25,31)(H,26,27). The maximum Gasteiger partial charge on any atom is 0.573 e. The number of amides is 1. The molecule has 2 heterocycles. The Morgan fingerprint density at radius 2 is 1.97 bits per heavy atom. The fourth-order valence-corrected chi connectivity index (χ4v) is 3.32. The number of carbonyl (C=O) groups is 1. The van der Waals surface area contributed by atoms with E-state index in [0.29, 0.717) is 23.0 Å². The van der Waals surface area contributed by atoms with Crippen molar-refractivity contribution in [1.82, 2.24) is 19.6 Å². The summed E-state index contributed by atoms with van der Waals surface area (Å²) in [6.07, 6.45) is -4.55. The molecule has 0 saturated heterocycles. The molecule has 12 heteroatoms. The number of rotatable bonds is 7. The summed E-state index contributed by atoms with van der Waals surface area (Å²) in [5.41, 5.74) is 6.31. The monoisotopic (exact) mass is 460 g/mol. The fourth-order valence-electron chi connectivity index (χ4n) is 3.32. The third-order valence-corrected chi connectivity index (χ3v) is 4.89. The topological polar surface area (TPSA) is 117 Å². The summed E-state index contributed by atoms with van der Waals surface area (Å²) in [6, 6.07) is 10.3. The molecule has 0 spiro atoms. The molecule has 1 atom stereocenters. The largest absolute Gasteiger partial charge is 0.573 e. The smallest absolute Gasteiger partial charge is 0.497 e. The lowest BCUT2D eigenvalue weighted by Gasteiger charge is -2.15. The first-order chi connectivity index (χ1) is 15.7. The molecule has 33 heavy (non-hydrogen) atoms. The van der Waals surface area contributed by atoms with Crippen molar-refractivity contribution in [1.29, 1.82) is 0 Å². The lowest BCUT2D eigenvalue weighted by molar-refractivity contribution is -0.274. The molecular formula is C21H19F3N6O3. The molecule has 4 rings (SSSR count). The molecule has 0 aliphatic rings. The van der Waals surface area contributed by atoms with E-state index in [1.54, 1.807) is 31.2 Å². The van der Waals surface area contributed by atoms with Gasteiger partial charge in [-0.15, -0.1) is 18.3 Å². The number of methoxy groups -OCH3 is 1. The zero-order valence-corrected chi connectivity index (χ0v) is 17.6. The lowest BCUT2D eigenvalue weighted by Crippen LogP contribution is -2.35. The predicted molar refractivity (Wildman–Crippen MR) is 114 cm³/mol. The first kappa shape index (κ1) is 22.1. The first-order valence-corrected chi connectivity index (χ1v) is 9.85. The van der Waals surface area contributed by atoms with Gasteiger partial charge in [0.25, 0.3) is 0 Å². The number of carbonyl (C=O) groups excluding carboxylic acids is 1. The first-order valence-electron chi connectivity index (χ1n) is 9.85. The van der Waals surface area contributed by atoms with Gasteiger partial charge in [0.15, 0.2) is 11.5 Å². The molecule has 0 radical (unpaired) electrons. The molecule has 3 N–H and O–H groups in total. The highest BCUT2D eigenvalue weighted by Crippen LogP contribution is 2.36. The molecule has 1 amide bonds. The van der Waals surface area contributed by atoms with Crippen molar-refractivity contribution >= 4 is 28.4 Å². The van der Waals surface area contributed by atoms with Crippen molar-refractivity contribution in [2.45, 2.75) is 25.7 Å². The van der Waals surface area contributed by atoms with Crippen molar-refractivity contribution in [3.05, 3.63) is 42.5 Å². The van der Waals surface area contributed by atoms with E-state index in [4.69, 9.17) is 10.5 Å². The predicted octanol–water partition coefficient (Wildman–Crippen LogP) is 3.53. The molecule has 9 nitrogen and oxygen atoms in total. The molecule has 4 aromatic rings. The van der Waals surface area contributed by atoms with Gasteiger partial charge in [0, 0.05) is 11.5 Å². The van der Waals surface area contributed by atoms with E-state index in [9.17, 15) is 18.0 Å². The zero-order valence-electron chi connectivity index (χ0n) is 17.6. The van der Waals surface area contributed by atoms with Gasteiger partial charge in [0.05, 0.1) is 18.2 Å². The maximum absolute atomic E-state index is 13.0. The van der Waals surface area contributed by atoms with Gasteiger partial charge >= 0.3 is 6.36 Å². The van der Waals surface area contributed by atoms with Crippen LogP contribution in [-0.4, -0.2) is 45.0 Å². The van der Waals surface area contributed by atoms with Gasteiger partial charge in [0.2, 0.25) is 11.9 Å². The number of fused-ring (bicyclic) bond motifs is 3. The van der Waals surface area contributed by atoms with Gasteiger partial charge in [0.1, 0.15) is 17.5 Å². The Balaban J connectivity index is 1.93. The van der Waals surface area contributed by atoms with E-state index < -0.39 is 24.1 Å². The van der Waals surface area contributed by atoms with Gasteiger partial charge in [-0.05, 0) is 30.7 Å². The van der Waals surface area contributed by atoms with Gasteiger partial charge in [-0.25, -0.2) is 9.97 Å². The summed E-state index contributed by atoms with van der Waals surface area (Å²) in [4.78, 5) is 20.7. The Kier molecular flexibility index (Phi) is 5.66. The van der Waals surface area contributed by atoms with Gasteiger partial charge in [-0.2, -0.15) is 4.52 Å². The van der Waals surface area contributed by atoms with Crippen LogP contribution in [-0.2, 0) is 4.79 Å². The van der Waals surface area contributed by atoms with Crippen molar-refractivity contribution in [3.8, 4) is 22.9 Å². The number of nitrogens with one attached hydrogen (secondary N) is 1. The van der Waals surface area contributed by atoms with Crippen molar-refractivity contribution in [3.63, 3.8) is 0 Å². The van der Waals surface area contributed by atoms with Gasteiger partial charge in [-0.3, -0.25) is 4.79 Å². The normalized spacial score (nSPS) is 12.6. The average Bonchev–Trinajstić information content (AvgIpc) is 3.21. The van der Waals surface area contributed by atoms with Gasteiger partial charge < -0.3 is 20.5 Å². The Hall–Kier alpha value is -4.09. The van der Waals surface area contributed by atoms with Crippen LogP contribution in [0.5, 0.6) is 11.5 Å². The molecule has 1 unspecified atom stereocenters. The summed E-state index contributed by atoms with van der Waals surface area (Å²) in [5.74, 6) is -0.807. The van der Waals surface area contributed by atoms with Crippen LogP contribution in [0.25, 0.3) is 27.9 Å². The molecule has 0 bridgehead atoms. The molecule has 2 aromatic carbocycles. The minimum absolute atomic E-state index is 0.00574. The summed E-state index contributed by atoms with van der Waals surface area (Å²) in [5, 5.41) is 7.92. The van der Waals surface area contributed by atoms with Crippen LogP contribution < -0.4 is 20.5 Å². The van der Waals surface area contributed by atoms with E-state index in [0.717, 1.165) is 6.07 Å². The van der Waals surface area contributed by atoms with E-state index in [1.807, 2.05) is 0 Å². The number of alkyl halides is 3. The summed E-state index contributed by atoms with van der Waals surface area (Å²) in [7, 11) is 1.33. The third kappa shape index (κ3) is 4.45. The van der Waals surface area contributed by atoms with E-state index >= 15 is 0 Å². The molecule has 2 aromatic heterocycles. The Labute approximate surface area is 185 Å². The molecule has 0 saturated carbocycles. The van der Waals surface area contributed by atoms with Crippen LogP contribution >= 0.6 is 0 Å². The summed E-state index contributed by atoms with van der Waals surface area (Å²) >= 11 is 0. The van der Waals surface area contributed by atoms with Crippen LogP contribution in [0.15, 0.2) is 42.5 Å². The molecule has 0 fully saturated rings. The molecule has 0 aliphatic heterocycles. The van der Waals surface area contributed by atoms with E-state index in [1.165, 1.54) is 23.8 Å². The fraction of sp³-hybridized carbons (Fsp3) is 0.238. The van der Waals surface area contributed by atoms with Crippen LogP contribution in [0.4, 0.5) is 19.1 Å². The number of benzene rings is 2. The van der Waals surface area contributed by atoms with Gasteiger partial charge in [-0.1, -0.05) is 19.1 Å². The number of nitrogens with two attached hydrogens (primary N) is 1. The maximum atomic E-state index is 13.0. The van der Waals surface area contributed by atoms with Crippen LogP contribution in [0, 0.1) is 0 Å². The number of aromatic nitrogens is 4. The number of ether oxygens (including phenoxy) is 2. The number of anilines is 1. The third-order valence-electron chi connectivity index (χ3n) is 4.89.